The summed E-state index contributed by atoms with van der Waals surface area (Å²) in [5.41, 5.74) is 16.6. The molecule has 8 heteroatoms. The van der Waals surface area contributed by atoms with E-state index in [0.29, 0.717) is 17.1 Å². The van der Waals surface area contributed by atoms with Gasteiger partial charge in [-0.25, -0.2) is 4.68 Å². The summed E-state index contributed by atoms with van der Waals surface area (Å²) in [6.45, 7) is 0.745. The van der Waals surface area contributed by atoms with Crippen LogP contribution < -0.4 is 11.5 Å². The van der Waals surface area contributed by atoms with E-state index < -0.39 is 0 Å². The molecule has 25 heavy (non-hydrogen) atoms. The molecule has 0 spiro atoms. The number of aromatic nitrogens is 5. The average Bonchev–Trinajstić information content (AvgIpc) is 3.27. The maximum Gasteiger partial charge on any atom is 0.150 e. The molecule has 0 aromatic carbocycles. The maximum atomic E-state index is 6.32. The molecule has 0 amide bonds. The smallest absolute Gasteiger partial charge is 0.150 e. The summed E-state index contributed by atoms with van der Waals surface area (Å²) in [5, 5.41) is 8.59. The van der Waals surface area contributed by atoms with Crippen molar-refractivity contribution in [3.63, 3.8) is 0 Å². The molecule has 3 aromatic rings. The van der Waals surface area contributed by atoms with Crippen molar-refractivity contribution in [1.82, 2.24) is 24.5 Å². The summed E-state index contributed by atoms with van der Waals surface area (Å²) in [4.78, 5) is 4.56. The minimum atomic E-state index is -0.0841. The number of ether oxygens (including phenoxy) is 1. The zero-order valence-electron chi connectivity index (χ0n) is 14.1. The van der Waals surface area contributed by atoms with E-state index in [-0.39, 0.29) is 6.23 Å². The first-order valence-corrected chi connectivity index (χ1v) is 8.33. The van der Waals surface area contributed by atoms with Crippen molar-refractivity contribution in [3.8, 4) is 22.5 Å². The van der Waals surface area contributed by atoms with Gasteiger partial charge in [0, 0.05) is 43.4 Å². The monoisotopic (exact) mass is 339 g/mol. The first-order valence-electron chi connectivity index (χ1n) is 8.33. The Morgan fingerprint density at radius 1 is 1.16 bits per heavy atom. The molecule has 0 saturated carbocycles. The fourth-order valence-corrected chi connectivity index (χ4v) is 3.18. The SMILES string of the molecule is Cn1cc(-c2cnc(-c3ccnn3C3CCCCO3)c(N)c2N)cn1. The van der Waals surface area contributed by atoms with Gasteiger partial charge in [-0.3, -0.25) is 9.67 Å². The molecule has 4 N–H and O–H groups in total. The Bertz CT molecular complexity index is 892. The van der Waals surface area contributed by atoms with Crippen molar-refractivity contribution < 1.29 is 4.74 Å². The van der Waals surface area contributed by atoms with Crippen LogP contribution in [0.25, 0.3) is 22.5 Å². The summed E-state index contributed by atoms with van der Waals surface area (Å²) < 4.78 is 9.40. The number of nitrogen functional groups attached to an aromatic ring is 2. The second-order valence-corrected chi connectivity index (χ2v) is 6.23. The van der Waals surface area contributed by atoms with E-state index in [0.717, 1.165) is 42.7 Å². The van der Waals surface area contributed by atoms with Crippen molar-refractivity contribution in [1.29, 1.82) is 0 Å². The predicted octanol–water partition coefficient (Wildman–Crippen LogP) is 2.21. The molecule has 1 atom stereocenters. The Morgan fingerprint density at radius 3 is 2.76 bits per heavy atom. The van der Waals surface area contributed by atoms with Crippen molar-refractivity contribution in [3.05, 3.63) is 30.9 Å². The molecule has 8 nitrogen and oxygen atoms in total. The molecule has 1 fully saturated rings. The normalized spacial score (nSPS) is 17.7. The Morgan fingerprint density at radius 2 is 2.04 bits per heavy atom. The summed E-state index contributed by atoms with van der Waals surface area (Å²) in [6, 6.07) is 1.89. The Kier molecular flexibility index (Phi) is 3.89. The van der Waals surface area contributed by atoms with Crippen LogP contribution in [0.1, 0.15) is 25.5 Å². The number of nitrogens with zero attached hydrogens (tertiary/aromatic N) is 5. The summed E-state index contributed by atoms with van der Waals surface area (Å²) in [5.74, 6) is 0. The molecule has 1 aliphatic rings. The zero-order chi connectivity index (χ0) is 17.4. The number of nitrogens with two attached hydrogens (primary N) is 2. The highest BCUT2D eigenvalue weighted by Crippen LogP contribution is 2.36. The van der Waals surface area contributed by atoms with E-state index in [2.05, 4.69) is 15.2 Å². The molecule has 1 unspecified atom stereocenters. The fraction of sp³-hybridized carbons (Fsp3) is 0.353. The van der Waals surface area contributed by atoms with Crippen LogP contribution >= 0.6 is 0 Å². The van der Waals surface area contributed by atoms with E-state index in [4.69, 9.17) is 16.2 Å². The van der Waals surface area contributed by atoms with Crippen LogP contribution in [-0.2, 0) is 11.8 Å². The minimum absolute atomic E-state index is 0.0841. The molecule has 0 bridgehead atoms. The van der Waals surface area contributed by atoms with E-state index in [1.54, 1.807) is 23.3 Å². The second-order valence-electron chi connectivity index (χ2n) is 6.23. The van der Waals surface area contributed by atoms with E-state index in [1.807, 2.05) is 24.0 Å². The lowest BCUT2D eigenvalue weighted by Crippen LogP contribution is -2.20. The lowest BCUT2D eigenvalue weighted by molar-refractivity contribution is -0.0384. The minimum Gasteiger partial charge on any atom is -0.396 e. The number of anilines is 2. The Hall–Kier alpha value is -2.87. The molecule has 1 saturated heterocycles. The molecule has 0 aliphatic carbocycles. The van der Waals surface area contributed by atoms with Crippen LogP contribution in [0, 0.1) is 0 Å². The van der Waals surface area contributed by atoms with Gasteiger partial charge in [-0.15, -0.1) is 0 Å². The molecule has 130 valence electrons. The summed E-state index contributed by atoms with van der Waals surface area (Å²) in [7, 11) is 1.85. The Balaban J connectivity index is 1.75. The van der Waals surface area contributed by atoms with Crippen molar-refractivity contribution in [2.24, 2.45) is 7.05 Å². The quantitative estimate of drug-likeness (QED) is 0.757. The third-order valence-electron chi connectivity index (χ3n) is 4.52. The highest BCUT2D eigenvalue weighted by Gasteiger charge is 2.22. The third kappa shape index (κ3) is 2.74. The highest BCUT2D eigenvalue weighted by molar-refractivity contribution is 5.90. The van der Waals surface area contributed by atoms with Crippen molar-refractivity contribution >= 4 is 11.4 Å². The van der Waals surface area contributed by atoms with Crippen LogP contribution in [0.4, 0.5) is 11.4 Å². The first-order chi connectivity index (χ1) is 12.1. The van der Waals surface area contributed by atoms with Crippen LogP contribution in [0.2, 0.25) is 0 Å². The molecule has 1 aliphatic heterocycles. The summed E-state index contributed by atoms with van der Waals surface area (Å²) in [6.07, 6.45) is 10.1. The van der Waals surface area contributed by atoms with Gasteiger partial charge < -0.3 is 16.2 Å². The van der Waals surface area contributed by atoms with Gasteiger partial charge in [-0.2, -0.15) is 10.2 Å². The van der Waals surface area contributed by atoms with Crippen LogP contribution in [0.5, 0.6) is 0 Å². The topological polar surface area (TPSA) is 110 Å². The average molecular weight is 339 g/mol. The van der Waals surface area contributed by atoms with Crippen molar-refractivity contribution in [2.75, 3.05) is 18.1 Å². The van der Waals surface area contributed by atoms with Crippen LogP contribution in [0.3, 0.4) is 0 Å². The number of pyridine rings is 1. The first kappa shape index (κ1) is 15.6. The Labute approximate surface area is 145 Å². The van der Waals surface area contributed by atoms with E-state index in [9.17, 15) is 0 Å². The summed E-state index contributed by atoms with van der Waals surface area (Å²) >= 11 is 0. The molecule has 3 aromatic heterocycles. The second kappa shape index (κ2) is 6.21. The number of rotatable bonds is 3. The number of hydrogen-bond acceptors (Lipinski definition) is 6. The molecular weight excluding hydrogens is 318 g/mol. The molecule has 0 radical (unpaired) electrons. The third-order valence-corrected chi connectivity index (χ3v) is 4.52. The van der Waals surface area contributed by atoms with Crippen LogP contribution in [-0.4, -0.2) is 31.2 Å². The largest absolute Gasteiger partial charge is 0.396 e. The van der Waals surface area contributed by atoms with Gasteiger partial charge in [0.2, 0.25) is 0 Å². The number of aryl methyl sites for hydroxylation is 1. The molecule has 4 rings (SSSR count). The standard InChI is InChI=1S/C17H21N7O/c1-23-10-11(8-22-23)12-9-20-17(16(19)15(12)18)13-5-6-21-24(13)14-4-2-3-7-25-14/h5-6,8-10,14H,2-4,7,19H2,1H3,(H2,18,20). The molecular formula is C17H21N7O. The van der Waals surface area contributed by atoms with Gasteiger partial charge in [0.05, 0.1) is 23.3 Å². The van der Waals surface area contributed by atoms with Gasteiger partial charge in [-0.05, 0) is 25.3 Å². The predicted molar refractivity (Wildman–Crippen MR) is 95.3 cm³/mol. The fourth-order valence-electron chi connectivity index (χ4n) is 3.18. The highest BCUT2D eigenvalue weighted by atomic mass is 16.5. The lowest BCUT2D eigenvalue weighted by Gasteiger charge is -2.24. The lowest BCUT2D eigenvalue weighted by atomic mass is 10.1. The van der Waals surface area contributed by atoms with E-state index >= 15 is 0 Å². The van der Waals surface area contributed by atoms with Gasteiger partial charge >= 0.3 is 0 Å². The number of hydrogen-bond donors (Lipinski definition) is 2. The van der Waals surface area contributed by atoms with Gasteiger partial charge in [0.1, 0.15) is 5.69 Å². The van der Waals surface area contributed by atoms with Gasteiger partial charge in [-0.1, -0.05) is 0 Å². The molecule has 4 heterocycles. The van der Waals surface area contributed by atoms with E-state index in [1.165, 1.54) is 0 Å². The van der Waals surface area contributed by atoms with Gasteiger partial charge in [0.15, 0.2) is 6.23 Å². The zero-order valence-corrected chi connectivity index (χ0v) is 14.1. The van der Waals surface area contributed by atoms with Crippen LogP contribution in [0.15, 0.2) is 30.9 Å². The van der Waals surface area contributed by atoms with Gasteiger partial charge in [0.25, 0.3) is 0 Å². The maximum absolute atomic E-state index is 6.32. The van der Waals surface area contributed by atoms with Crippen molar-refractivity contribution in [2.45, 2.75) is 25.5 Å².